The summed E-state index contributed by atoms with van der Waals surface area (Å²) in [6, 6.07) is 10.5. The first kappa shape index (κ1) is 10.6. The van der Waals surface area contributed by atoms with Gasteiger partial charge in [-0.15, -0.1) is 0 Å². The van der Waals surface area contributed by atoms with E-state index in [4.69, 9.17) is 0 Å². The fraction of sp³-hybridized carbons (Fsp3) is 0.500. The molecule has 2 atom stereocenters. The highest BCUT2D eigenvalue weighted by atomic mass is 16.6. The summed E-state index contributed by atoms with van der Waals surface area (Å²) in [7, 11) is 1.76. The predicted molar refractivity (Wildman–Crippen MR) is 60.7 cm³/mol. The fourth-order valence-electron chi connectivity index (χ4n) is 2.10. The number of nitrogens with zero attached hydrogens (tertiary/aromatic N) is 2. The molecule has 1 aromatic carbocycles. The molecule has 2 rings (SSSR count). The first-order valence-corrected chi connectivity index (χ1v) is 5.40. The van der Waals surface area contributed by atoms with E-state index >= 15 is 0 Å². The van der Waals surface area contributed by atoms with Gasteiger partial charge in [-0.2, -0.15) is 0 Å². The summed E-state index contributed by atoms with van der Waals surface area (Å²) >= 11 is 0. The molecule has 0 spiro atoms. The number of hydrogen-bond acceptors (Lipinski definition) is 2. The van der Waals surface area contributed by atoms with Gasteiger partial charge in [0.15, 0.2) is 0 Å². The van der Waals surface area contributed by atoms with Crippen molar-refractivity contribution in [2.45, 2.75) is 19.5 Å². The van der Waals surface area contributed by atoms with Crippen LogP contribution in [0.4, 0.5) is 0 Å². The average Bonchev–Trinajstić information content (AvgIpc) is 2.42. The van der Waals surface area contributed by atoms with E-state index in [2.05, 4.69) is 17.0 Å². The molecule has 0 amide bonds. The van der Waals surface area contributed by atoms with Crippen LogP contribution in [0.1, 0.15) is 12.5 Å². The second-order valence-corrected chi connectivity index (χ2v) is 4.66. The Hall–Kier alpha value is -0.900. The van der Waals surface area contributed by atoms with Gasteiger partial charge < -0.3 is 9.85 Å². The molecule has 0 aromatic heterocycles. The highest BCUT2D eigenvalue weighted by molar-refractivity contribution is 5.14. The molecule has 2 unspecified atom stereocenters. The first-order valence-electron chi connectivity index (χ1n) is 5.40. The third-order valence-electron chi connectivity index (χ3n) is 3.18. The summed E-state index contributed by atoms with van der Waals surface area (Å²) < 4.78 is -0.132. The monoisotopic (exact) mass is 206 g/mol. The largest absolute Gasteiger partial charge is 0.632 e. The zero-order valence-corrected chi connectivity index (χ0v) is 9.39. The summed E-state index contributed by atoms with van der Waals surface area (Å²) in [5.74, 6) is 0. The van der Waals surface area contributed by atoms with Crippen LogP contribution in [0, 0.1) is 5.21 Å². The van der Waals surface area contributed by atoms with Crippen molar-refractivity contribution in [1.29, 1.82) is 0 Å². The van der Waals surface area contributed by atoms with Crippen LogP contribution in [0.2, 0.25) is 0 Å². The Kier molecular flexibility index (Phi) is 2.78. The van der Waals surface area contributed by atoms with Crippen LogP contribution in [0.15, 0.2) is 30.3 Å². The minimum Gasteiger partial charge on any atom is -0.632 e. The number of benzene rings is 1. The molecule has 1 heterocycles. The van der Waals surface area contributed by atoms with Crippen LogP contribution in [0.5, 0.6) is 0 Å². The highest BCUT2D eigenvalue weighted by Crippen LogP contribution is 2.20. The maximum atomic E-state index is 11.9. The topological polar surface area (TPSA) is 26.3 Å². The van der Waals surface area contributed by atoms with E-state index < -0.39 is 0 Å². The van der Waals surface area contributed by atoms with Gasteiger partial charge in [0.05, 0.1) is 19.6 Å². The molecule has 1 fully saturated rings. The van der Waals surface area contributed by atoms with E-state index in [0.29, 0.717) is 6.67 Å². The van der Waals surface area contributed by atoms with Crippen molar-refractivity contribution in [3.63, 3.8) is 0 Å². The summed E-state index contributed by atoms with van der Waals surface area (Å²) in [5, 5.41) is 11.9. The zero-order chi connectivity index (χ0) is 10.9. The SMILES string of the molecule is CC1CN(Cc2ccccc2)C[N+]1(C)[O-]. The van der Waals surface area contributed by atoms with E-state index in [1.54, 1.807) is 7.05 Å². The molecule has 0 radical (unpaired) electrons. The third-order valence-corrected chi connectivity index (χ3v) is 3.18. The van der Waals surface area contributed by atoms with Crippen molar-refractivity contribution in [2.24, 2.45) is 0 Å². The van der Waals surface area contributed by atoms with E-state index in [1.165, 1.54) is 5.56 Å². The minimum absolute atomic E-state index is 0.132. The molecule has 0 N–H and O–H groups in total. The Morgan fingerprint density at radius 3 is 2.60 bits per heavy atom. The predicted octanol–water partition coefficient (Wildman–Crippen LogP) is 1.79. The van der Waals surface area contributed by atoms with Crippen molar-refractivity contribution in [2.75, 3.05) is 20.3 Å². The molecule has 0 saturated carbocycles. The van der Waals surface area contributed by atoms with Crippen LogP contribution < -0.4 is 0 Å². The highest BCUT2D eigenvalue weighted by Gasteiger charge is 2.32. The molecular formula is C12H18N2O. The van der Waals surface area contributed by atoms with Gasteiger partial charge in [0.2, 0.25) is 0 Å². The van der Waals surface area contributed by atoms with Crippen molar-refractivity contribution in [1.82, 2.24) is 4.90 Å². The normalized spacial score (nSPS) is 32.1. The lowest BCUT2D eigenvalue weighted by molar-refractivity contribution is -0.874. The van der Waals surface area contributed by atoms with E-state index in [-0.39, 0.29) is 10.7 Å². The van der Waals surface area contributed by atoms with Crippen molar-refractivity contribution >= 4 is 0 Å². The maximum Gasteiger partial charge on any atom is 0.135 e. The Bertz CT molecular complexity index is 324. The lowest BCUT2D eigenvalue weighted by Crippen LogP contribution is -2.41. The van der Waals surface area contributed by atoms with Crippen LogP contribution in [0.3, 0.4) is 0 Å². The summed E-state index contributed by atoms with van der Waals surface area (Å²) in [6.45, 7) is 4.42. The second kappa shape index (κ2) is 3.93. The molecule has 15 heavy (non-hydrogen) atoms. The molecular weight excluding hydrogens is 188 g/mol. The van der Waals surface area contributed by atoms with Gasteiger partial charge in [-0.3, -0.25) is 0 Å². The zero-order valence-electron chi connectivity index (χ0n) is 9.39. The van der Waals surface area contributed by atoms with Crippen LogP contribution >= 0.6 is 0 Å². The molecule has 1 saturated heterocycles. The van der Waals surface area contributed by atoms with E-state index in [1.807, 2.05) is 25.1 Å². The fourth-order valence-corrected chi connectivity index (χ4v) is 2.10. The number of hydrogen-bond donors (Lipinski definition) is 0. The molecule has 1 aliphatic rings. The van der Waals surface area contributed by atoms with Gasteiger partial charge in [-0.25, -0.2) is 4.90 Å². The van der Waals surface area contributed by atoms with E-state index in [9.17, 15) is 5.21 Å². The quantitative estimate of drug-likeness (QED) is 0.545. The molecule has 0 aliphatic carbocycles. The Morgan fingerprint density at radius 1 is 1.40 bits per heavy atom. The summed E-state index contributed by atoms with van der Waals surface area (Å²) in [5.41, 5.74) is 1.28. The number of quaternary nitrogens is 1. The lowest BCUT2D eigenvalue weighted by atomic mass is 10.2. The second-order valence-electron chi connectivity index (χ2n) is 4.66. The van der Waals surface area contributed by atoms with Gasteiger partial charge in [-0.1, -0.05) is 30.3 Å². The minimum atomic E-state index is -0.132. The molecule has 0 bridgehead atoms. The van der Waals surface area contributed by atoms with Gasteiger partial charge in [0.25, 0.3) is 0 Å². The number of likely N-dealkylation sites (N-methyl/N-ethyl adjacent to an activating group) is 1. The molecule has 1 aliphatic heterocycles. The van der Waals surface area contributed by atoms with Gasteiger partial charge in [0, 0.05) is 6.54 Å². The van der Waals surface area contributed by atoms with Gasteiger partial charge in [-0.05, 0) is 12.5 Å². The van der Waals surface area contributed by atoms with E-state index in [0.717, 1.165) is 13.1 Å². The van der Waals surface area contributed by atoms with Crippen LogP contribution in [0.25, 0.3) is 0 Å². The molecule has 3 heteroatoms. The van der Waals surface area contributed by atoms with Gasteiger partial charge >= 0.3 is 0 Å². The Labute approximate surface area is 91.1 Å². The van der Waals surface area contributed by atoms with Crippen LogP contribution in [-0.2, 0) is 6.54 Å². The van der Waals surface area contributed by atoms with Crippen LogP contribution in [-0.4, -0.2) is 35.8 Å². The summed E-state index contributed by atoms with van der Waals surface area (Å²) in [6.07, 6.45) is 0. The third kappa shape index (κ3) is 2.37. The van der Waals surface area contributed by atoms with Crippen molar-refractivity contribution in [3.05, 3.63) is 41.1 Å². The Morgan fingerprint density at radius 2 is 2.07 bits per heavy atom. The summed E-state index contributed by atoms with van der Waals surface area (Å²) in [4.78, 5) is 2.23. The number of rotatable bonds is 2. The Balaban J connectivity index is 1.99. The average molecular weight is 206 g/mol. The van der Waals surface area contributed by atoms with Crippen molar-refractivity contribution in [3.8, 4) is 0 Å². The maximum absolute atomic E-state index is 11.9. The van der Waals surface area contributed by atoms with Gasteiger partial charge in [0.1, 0.15) is 6.67 Å². The number of hydroxylamine groups is 3. The standard InChI is InChI=1S/C12H18N2O/c1-11-8-13(10-14(11,2)15)9-12-6-4-3-5-7-12/h3-7,11H,8-10H2,1-2H3. The first-order chi connectivity index (χ1) is 7.08. The lowest BCUT2D eigenvalue weighted by Gasteiger charge is -2.37. The smallest absolute Gasteiger partial charge is 0.135 e. The molecule has 3 nitrogen and oxygen atoms in total. The molecule has 82 valence electrons. The molecule has 1 aromatic rings. The van der Waals surface area contributed by atoms with Crippen molar-refractivity contribution < 1.29 is 4.65 Å².